The normalized spacial score (nSPS) is 28.5. The summed E-state index contributed by atoms with van der Waals surface area (Å²) in [7, 11) is 0.904. The van der Waals surface area contributed by atoms with Gasteiger partial charge in [0, 0.05) is 50.1 Å². The van der Waals surface area contributed by atoms with Crippen molar-refractivity contribution >= 4 is 39.3 Å². The van der Waals surface area contributed by atoms with Crippen LogP contribution in [0.2, 0.25) is 5.02 Å². The molecule has 2 bridgehead atoms. The van der Waals surface area contributed by atoms with Crippen LogP contribution in [0.4, 0.5) is 10.5 Å². The number of ether oxygens (including phenoxy) is 2. The second-order valence-electron chi connectivity index (χ2n) is 14.3. The van der Waals surface area contributed by atoms with E-state index in [1.165, 1.54) is 22.1 Å². The number of aryl methyl sites for hydroxylation is 1. The number of carbonyl (C=O) groups is 2. The SMILES string of the molecule is CN(C)C(=O)O[C@@H]1C=CCN(C)C(C)(C)C(=O)NS(=O)(=O)c2ccc3c(c2)N(C[C@@H]2CC[C@H]21)C[C@@]1(CCCc2cc(Cl)ccc21)CO3. The molecule has 10 nitrogen and oxygen atoms in total. The van der Waals surface area contributed by atoms with Crippen LogP contribution in [0, 0.1) is 11.8 Å². The van der Waals surface area contributed by atoms with Gasteiger partial charge in [0.25, 0.3) is 15.9 Å². The van der Waals surface area contributed by atoms with Crippen molar-refractivity contribution in [1.29, 1.82) is 0 Å². The summed E-state index contributed by atoms with van der Waals surface area (Å²) in [6.07, 6.45) is 7.63. The van der Waals surface area contributed by atoms with Gasteiger partial charge in [-0.25, -0.2) is 17.9 Å². The lowest BCUT2D eigenvalue weighted by atomic mass is 9.68. The first-order valence-electron chi connectivity index (χ1n) is 16.3. The largest absolute Gasteiger partial charge is 0.490 e. The van der Waals surface area contributed by atoms with Crippen molar-refractivity contribution in [3.8, 4) is 5.75 Å². The smallest absolute Gasteiger partial charge is 0.409 e. The van der Waals surface area contributed by atoms with Gasteiger partial charge in [0.2, 0.25) is 0 Å². The van der Waals surface area contributed by atoms with Gasteiger partial charge in [0.05, 0.1) is 22.7 Å². The van der Waals surface area contributed by atoms with Crippen LogP contribution in [0.25, 0.3) is 0 Å². The molecular formula is C35H45ClN4O6S. The molecule has 2 aliphatic carbocycles. The van der Waals surface area contributed by atoms with Gasteiger partial charge in [0.15, 0.2) is 0 Å². The fourth-order valence-corrected chi connectivity index (χ4v) is 8.67. The first-order chi connectivity index (χ1) is 22.2. The molecule has 2 heterocycles. The van der Waals surface area contributed by atoms with Crippen molar-refractivity contribution in [2.45, 2.75) is 67.9 Å². The number of anilines is 1. The second-order valence-corrected chi connectivity index (χ2v) is 16.4. The van der Waals surface area contributed by atoms with Gasteiger partial charge in [-0.2, -0.15) is 0 Å². The second kappa shape index (κ2) is 12.6. The summed E-state index contributed by atoms with van der Waals surface area (Å²) < 4.78 is 42.3. The van der Waals surface area contributed by atoms with E-state index >= 15 is 0 Å². The standard InChI is InChI=1S/C35H45ClN4O6S/c1-34(2)32(41)37-47(43,44)26-12-15-31-29(19-26)40(21-35(22-45-31)16-6-8-23-18-25(36)11-14-28(23)35)20-24-10-13-27(24)30(9-7-17-39(34)5)46-33(42)38(3)4/h7,9,11-12,14-15,18-19,24,27,30H,6,8,10,13,16-17,20-22H2,1-5H3,(H,37,41)/t24-,27+,30+,35-/m0/s1. The Morgan fingerprint density at radius 1 is 1.15 bits per heavy atom. The van der Waals surface area contributed by atoms with Gasteiger partial charge in [0.1, 0.15) is 11.9 Å². The summed E-state index contributed by atoms with van der Waals surface area (Å²) in [5.41, 5.74) is 1.60. The maximum absolute atomic E-state index is 13.7. The van der Waals surface area contributed by atoms with E-state index in [0.29, 0.717) is 42.7 Å². The summed E-state index contributed by atoms with van der Waals surface area (Å²) in [5.74, 6) is 0.200. The minimum absolute atomic E-state index is 0.00151. The van der Waals surface area contributed by atoms with Crippen LogP contribution in [0.15, 0.2) is 53.4 Å². The molecule has 1 N–H and O–H groups in total. The molecule has 2 aliphatic heterocycles. The van der Waals surface area contributed by atoms with E-state index in [1.54, 1.807) is 52.0 Å². The molecule has 0 aromatic heterocycles. The predicted molar refractivity (Wildman–Crippen MR) is 182 cm³/mol. The van der Waals surface area contributed by atoms with Crippen LogP contribution in [0.1, 0.15) is 50.7 Å². The molecule has 0 saturated heterocycles. The Hall–Kier alpha value is -3.28. The molecule has 4 aliphatic rings. The van der Waals surface area contributed by atoms with Crippen LogP contribution in [0.3, 0.4) is 0 Å². The van der Waals surface area contributed by atoms with Crippen molar-refractivity contribution in [3.05, 3.63) is 64.7 Å². The Kier molecular flexibility index (Phi) is 9.04. The summed E-state index contributed by atoms with van der Waals surface area (Å²) in [6.45, 7) is 5.39. The average Bonchev–Trinajstić information content (AvgIpc) is 3.15. The van der Waals surface area contributed by atoms with Crippen molar-refractivity contribution in [2.24, 2.45) is 11.8 Å². The molecule has 254 valence electrons. The quantitative estimate of drug-likeness (QED) is 0.419. The van der Waals surface area contributed by atoms with Crippen LogP contribution in [0.5, 0.6) is 5.75 Å². The molecular weight excluding hydrogens is 640 g/mol. The van der Waals surface area contributed by atoms with Gasteiger partial charge in [-0.1, -0.05) is 23.7 Å². The van der Waals surface area contributed by atoms with E-state index in [0.717, 1.165) is 32.1 Å². The summed E-state index contributed by atoms with van der Waals surface area (Å²) >= 11 is 6.42. The number of rotatable bonds is 1. The van der Waals surface area contributed by atoms with E-state index in [9.17, 15) is 18.0 Å². The van der Waals surface area contributed by atoms with E-state index < -0.39 is 33.7 Å². The van der Waals surface area contributed by atoms with Crippen LogP contribution in [-0.2, 0) is 31.4 Å². The van der Waals surface area contributed by atoms with Gasteiger partial charge in [-0.15, -0.1) is 0 Å². The molecule has 1 spiro atoms. The van der Waals surface area contributed by atoms with E-state index in [4.69, 9.17) is 21.1 Å². The maximum atomic E-state index is 13.7. The van der Waals surface area contributed by atoms with E-state index in [2.05, 4.69) is 21.8 Å². The van der Waals surface area contributed by atoms with Gasteiger partial charge >= 0.3 is 6.09 Å². The molecule has 0 unspecified atom stereocenters. The third kappa shape index (κ3) is 6.46. The lowest BCUT2D eigenvalue weighted by Crippen LogP contribution is -2.54. The molecule has 47 heavy (non-hydrogen) atoms. The number of carbonyl (C=O) groups excluding carboxylic acids is 2. The number of likely N-dealkylation sites (N-methyl/N-ethyl adjacent to an activating group) is 1. The predicted octanol–water partition coefficient (Wildman–Crippen LogP) is 4.99. The Morgan fingerprint density at radius 3 is 2.66 bits per heavy atom. The Bertz CT molecular complexity index is 1690. The van der Waals surface area contributed by atoms with Crippen molar-refractivity contribution < 1.29 is 27.5 Å². The summed E-state index contributed by atoms with van der Waals surface area (Å²) in [6, 6.07) is 10.9. The highest BCUT2D eigenvalue weighted by atomic mass is 35.5. The zero-order valence-corrected chi connectivity index (χ0v) is 29.4. The molecule has 2 aromatic carbocycles. The summed E-state index contributed by atoms with van der Waals surface area (Å²) in [4.78, 5) is 31.7. The number of nitrogens with one attached hydrogen (secondary N) is 1. The van der Waals surface area contributed by atoms with Crippen LogP contribution in [-0.4, -0.2) is 89.2 Å². The van der Waals surface area contributed by atoms with Crippen LogP contribution < -0.4 is 14.4 Å². The zero-order valence-electron chi connectivity index (χ0n) is 27.8. The first-order valence-corrected chi connectivity index (χ1v) is 18.2. The van der Waals surface area contributed by atoms with E-state index in [-0.39, 0.29) is 22.1 Å². The zero-order chi connectivity index (χ0) is 33.7. The number of halogens is 1. The van der Waals surface area contributed by atoms with Crippen molar-refractivity contribution in [3.63, 3.8) is 0 Å². The minimum atomic E-state index is -4.20. The lowest BCUT2D eigenvalue weighted by Gasteiger charge is -2.46. The van der Waals surface area contributed by atoms with Crippen molar-refractivity contribution in [1.82, 2.24) is 14.5 Å². The van der Waals surface area contributed by atoms with E-state index in [1.807, 2.05) is 18.2 Å². The molecule has 0 radical (unpaired) electrons. The fourth-order valence-electron chi connectivity index (χ4n) is 7.35. The van der Waals surface area contributed by atoms with Gasteiger partial charge in [-0.3, -0.25) is 9.69 Å². The third-order valence-electron chi connectivity index (χ3n) is 10.7. The maximum Gasteiger partial charge on any atom is 0.409 e. The lowest BCUT2D eigenvalue weighted by molar-refractivity contribution is -0.128. The number of fused-ring (bicyclic) bond motifs is 4. The molecule has 2 aromatic rings. The Morgan fingerprint density at radius 2 is 1.94 bits per heavy atom. The molecule has 2 amide bonds. The number of hydrogen-bond donors (Lipinski definition) is 1. The molecule has 6 rings (SSSR count). The Labute approximate surface area is 283 Å². The first kappa shape index (κ1) is 33.6. The highest BCUT2D eigenvalue weighted by molar-refractivity contribution is 7.90. The molecule has 4 atom stereocenters. The molecule has 1 fully saturated rings. The topological polar surface area (TPSA) is 108 Å². The number of sulfonamides is 1. The number of benzene rings is 2. The summed E-state index contributed by atoms with van der Waals surface area (Å²) in [5, 5.41) is 0.707. The number of amides is 2. The number of hydrogen-bond acceptors (Lipinski definition) is 8. The third-order valence-corrected chi connectivity index (χ3v) is 12.3. The van der Waals surface area contributed by atoms with Gasteiger partial charge in [-0.05, 0) is 106 Å². The highest BCUT2D eigenvalue weighted by Gasteiger charge is 2.45. The average molecular weight is 685 g/mol. The highest BCUT2D eigenvalue weighted by Crippen LogP contribution is 2.47. The minimum Gasteiger partial charge on any atom is -0.490 e. The monoisotopic (exact) mass is 684 g/mol. The number of nitrogens with zero attached hydrogens (tertiary/aromatic N) is 3. The van der Waals surface area contributed by atoms with Gasteiger partial charge < -0.3 is 19.3 Å². The van der Waals surface area contributed by atoms with Crippen LogP contribution >= 0.6 is 11.6 Å². The Balaban J connectivity index is 1.45. The molecule has 12 heteroatoms. The fraction of sp³-hybridized carbons (Fsp3) is 0.543. The van der Waals surface area contributed by atoms with Crippen molar-refractivity contribution in [2.75, 3.05) is 52.3 Å². The molecule has 1 saturated carbocycles.